The van der Waals surface area contributed by atoms with E-state index in [9.17, 15) is 14.4 Å². The molecule has 2 amide bonds. The first-order valence-electron chi connectivity index (χ1n) is 10.1. The maximum absolute atomic E-state index is 12.6. The molecule has 0 bridgehead atoms. The summed E-state index contributed by atoms with van der Waals surface area (Å²) >= 11 is 14.2. The Labute approximate surface area is 219 Å². The Hall–Kier alpha value is -2.80. The highest BCUT2D eigenvalue weighted by Crippen LogP contribution is 2.34. The van der Waals surface area contributed by atoms with Crippen LogP contribution in [0.2, 0.25) is 10.0 Å². The smallest absolute Gasteiger partial charge is 0.341 e. The molecule has 186 valence electrons. The van der Waals surface area contributed by atoms with Gasteiger partial charge in [-0.1, -0.05) is 35.0 Å². The van der Waals surface area contributed by atoms with Crippen LogP contribution in [0.3, 0.4) is 0 Å². The van der Waals surface area contributed by atoms with Gasteiger partial charge in [0, 0.05) is 17.6 Å². The van der Waals surface area contributed by atoms with E-state index in [0.29, 0.717) is 38.9 Å². The summed E-state index contributed by atoms with van der Waals surface area (Å²) < 4.78 is 12.3. The number of hydrogen-bond donors (Lipinski definition) is 2. The second-order valence-electron chi connectivity index (χ2n) is 6.96. The van der Waals surface area contributed by atoms with Crippen LogP contribution in [0, 0.1) is 6.92 Å². The molecule has 0 unspecified atom stereocenters. The molecule has 3 N–H and O–H groups in total. The van der Waals surface area contributed by atoms with E-state index in [0.717, 1.165) is 23.1 Å². The predicted molar refractivity (Wildman–Crippen MR) is 135 cm³/mol. The minimum atomic E-state index is -0.697. The van der Waals surface area contributed by atoms with Crippen LogP contribution < -0.4 is 15.8 Å². The van der Waals surface area contributed by atoms with Gasteiger partial charge in [-0.2, -0.15) is 0 Å². The lowest BCUT2D eigenvalue weighted by Crippen LogP contribution is -2.16. The molecule has 0 aliphatic heterocycles. The van der Waals surface area contributed by atoms with Gasteiger partial charge < -0.3 is 25.1 Å². The lowest BCUT2D eigenvalue weighted by atomic mass is 10.1. The number of carbonyl (C=O) groups is 3. The van der Waals surface area contributed by atoms with Gasteiger partial charge in [-0.25, -0.2) is 4.79 Å². The third kappa shape index (κ3) is 6.26. The molecule has 0 aliphatic rings. The summed E-state index contributed by atoms with van der Waals surface area (Å²) in [6.45, 7) is 4.11. The van der Waals surface area contributed by atoms with Crippen molar-refractivity contribution >= 4 is 69.1 Å². The SMILES string of the molecule is CCn1c(COc2cc(Cl)ccc2Cl)nnc1SCC(=O)Nc1sc(C(N)=O)c(C)c1C(=O)OC. The van der Waals surface area contributed by atoms with Crippen molar-refractivity contribution in [1.29, 1.82) is 0 Å². The Morgan fingerprint density at radius 3 is 2.66 bits per heavy atom. The number of carbonyl (C=O) groups excluding carboxylic acids is 3. The molecular weight excluding hydrogens is 537 g/mol. The number of amides is 2. The number of anilines is 1. The molecule has 3 aromatic rings. The number of benzene rings is 1. The molecule has 35 heavy (non-hydrogen) atoms. The molecule has 3 rings (SSSR count). The van der Waals surface area contributed by atoms with E-state index in [1.54, 1.807) is 29.7 Å². The standard InChI is InChI=1S/C21H21Cl2N5O5S2/c1-4-28-14(8-33-13-7-11(22)5-6-12(13)23)26-27-21(28)34-9-15(29)25-19-16(20(31)32-3)10(2)17(35-19)18(24)30/h5-7H,4,8-9H2,1-3H3,(H2,24,30)(H,25,29). The molecule has 0 spiro atoms. The Morgan fingerprint density at radius 2 is 2.00 bits per heavy atom. The van der Waals surface area contributed by atoms with E-state index in [1.165, 1.54) is 7.11 Å². The van der Waals surface area contributed by atoms with Crippen LogP contribution in [-0.4, -0.2) is 45.4 Å². The number of nitrogens with one attached hydrogen (secondary N) is 1. The lowest BCUT2D eigenvalue weighted by Gasteiger charge is -2.10. The summed E-state index contributed by atoms with van der Waals surface area (Å²) in [5, 5.41) is 12.5. The fourth-order valence-electron chi connectivity index (χ4n) is 3.06. The predicted octanol–water partition coefficient (Wildman–Crippen LogP) is 4.17. The van der Waals surface area contributed by atoms with E-state index < -0.39 is 17.8 Å². The number of halogens is 2. The van der Waals surface area contributed by atoms with Crippen LogP contribution >= 0.6 is 46.3 Å². The summed E-state index contributed by atoms with van der Waals surface area (Å²) in [7, 11) is 1.21. The van der Waals surface area contributed by atoms with Gasteiger partial charge in [0.1, 0.15) is 17.4 Å². The number of thioether (sulfide) groups is 1. The number of aromatic nitrogens is 3. The summed E-state index contributed by atoms with van der Waals surface area (Å²) in [5.41, 5.74) is 5.83. The molecule has 2 aromatic heterocycles. The van der Waals surface area contributed by atoms with Gasteiger partial charge in [0.2, 0.25) is 5.91 Å². The normalized spacial score (nSPS) is 10.8. The van der Waals surface area contributed by atoms with Crippen molar-refractivity contribution < 1.29 is 23.9 Å². The van der Waals surface area contributed by atoms with Crippen molar-refractivity contribution in [3.63, 3.8) is 0 Å². The van der Waals surface area contributed by atoms with E-state index >= 15 is 0 Å². The van der Waals surface area contributed by atoms with Gasteiger partial charge in [-0.15, -0.1) is 21.5 Å². The van der Waals surface area contributed by atoms with Crippen LogP contribution in [0.1, 0.15) is 38.3 Å². The van der Waals surface area contributed by atoms with Gasteiger partial charge in [0.15, 0.2) is 11.0 Å². The average molecular weight is 558 g/mol. The van der Waals surface area contributed by atoms with E-state index in [2.05, 4.69) is 15.5 Å². The number of hydrogen-bond acceptors (Lipinski definition) is 9. The Balaban J connectivity index is 1.68. The maximum atomic E-state index is 12.6. The minimum Gasteiger partial charge on any atom is -0.484 e. The van der Waals surface area contributed by atoms with E-state index in [4.69, 9.17) is 38.4 Å². The molecule has 0 saturated carbocycles. The Kier molecular flexibility index (Phi) is 9.00. The fraction of sp³-hybridized carbons (Fsp3) is 0.286. The van der Waals surface area contributed by atoms with Gasteiger partial charge >= 0.3 is 5.97 Å². The van der Waals surface area contributed by atoms with Crippen molar-refractivity contribution in [2.45, 2.75) is 32.2 Å². The first kappa shape index (κ1) is 26.8. The Bertz CT molecular complexity index is 1280. The molecule has 0 radical (unpaired) electrons. The first-order valence-corrected chi connectivity index (χ1v) is 12.7. The van der Waals surface area contributed by atoms with Crippen LogP contribution in [-0.2, 0) is 22.7 Å². The molecule has 0 saturated heterocycles. The highest BCUT2D eigenvalue weighted by molar-refractivity contribution is 7.99. The summed E-state index contributed by atoms with van der Waals surface area (Å²) in [5.74, 6) is -0.850. The molecule has 10 nitrogen and oxygen atoms in total. The fourth-order valence-corrected chi connectivity index (χ4v) is 5.28. The average Bonchev–Trinajstić information content (AvgIpc) is 3.37. The van der Waals surface area contributed by atoms with Crippen molar-refractivity contribution in [1.82, 2.24) is 14.8 Å². The van der Waals surface area contributed by atoms with Crippen molar-refractivity contribution in [3.05, 3.63) is 50.1 Å². The number of nitrogens with two attached hydrogens (primary N) is 1. The zero-order valence-corrected chi connectivity index (χ0v) is 22.0. The molecule has 14 heteroatoms. The summed E-state index contributed by atoms with van der Waals surface area (Å²) in [6, 6.07) is 4.90. The highest BCUT2D eigenvalue weighted by Gasteiger charge is 2.25. The number of rotatable bonds is 10. The van der Waals surface area contributed by atoms with Crippen molar-refractivity contribution in [2.75, 3.05) is 18.2 Å². The first-order chi connectivity index (χ1) is 16.7. The molecular formula is C21H21Cl2N5O5S2. The lowest BCUT2D eigenvalue weighted by molar-refractivity contribution is -0.113. The Morgan fingerprint density at radius 1 is 1.26 bits per heavy atom. The third-order valence-electron chi connectivity index (χ3n) is 4.71. The minimum absolute atomic E-state index is 0.0252. The van der Waals surface area contributed by atoms with Gasteiger partial charge in [0.25, 0.3) is 5.91 Å². The molecule has 0 aliphatic carbocycles. The second-order valence-corrected chi connectivity index (χ2v) is 9.77. The molecule has 2 heterocycles. The number of methoxy groups -OCH3 is 1. The summed E-state index contributed by atoms with van der Waals surface area (Å²) in [6.07, 6.45) is 0. The maximum Gasteiger partial charge on any atom is 0.341 e. The monoisotopic (exact) mass is 557 g/mol. The number of nitrogens with zero attached hydrogens (tertiary/aromatic N) is 3. The summed E-state index contributed by atoms with van der Waals surface area (Å²) in [4.78, 5) is 36.6. The van der Waals surface area contributed by atoms with Crippen LogP contribution in [0.4, 0.5) is 5.00 Å². The van der Waals surface area contributed by atoms with E-state index in [-0.39, 0.29) is 27.8 Å². The molecule has 1 aromatic carbocycles. The highest BCUT2D eigenvalue weighted by atomic mass is 35.5. The van der Waals surface area contributed by atoms with Gasteiger partial charge in [-0.05, 0) is 31.5 Å². The topological polar surface area (TPSA) is 138 Å². The number of thiophene rings is 1. The number of primary amides is 1. The third-order valence-corrected chi connectivity index (χ3v) is 7.44. The molecule has 0 atom stereocenters. The second kappa shape index (κ2) is 11.8. The molecule has 0 fully saturated rings. The van der Waals surface area contributed by atoms with Crippen LogP contribution in [0.5, 0.6) is 5.75 Å². The number of esters is 1. The van der Waals surface area contributed by atoms with Gasteiger partial charge in [-0.3, -0.25) is 9.59 Å². The van der Waals surface area contributed by atoms with Crippen molar-refractivity contribution in [2.24, 2.45) is 5.73 Å². The van der Waals surface area contributed by atoms with Gasteiger partial charge in [0.05, 0.1) is 28.3 Å². The van der Waals surface area contributed by atoms with Crippen LogP contribution in [0.15, 0.2) is 23.4 Å². The zero-order valence-electron chi connectivity index (χ0n) is 18.9. The zero-order chi connectivity index (χ0) is 25.7. The largest absolute Gasteiger partial charge is 0.484 e. The van der Waals surface area contributed by atoms with Crippen LogP contribution in [0.25, 0.3) is 0 Å². The van der Waals surface area contributed by atoms with Crippen molar-refractivity contribution in [3.8, 4) is 5.75 Å². The quantitative estimate of drug-likeness (QED) is 0.279. The number of ether oxygens (including phenoxy) is 2. The van der Waals surface area contributed by atoms with E-state index in [1.807, 2.05) is 6.92 Å².